The van der Waals surface area contributed by atoms with Crippen molar-refractivity contribution in [2.75, 3.05) is 17.2 Å². The molecule has 3 N–H and O–H groups in total. The van der Waals surface area contributed by atoms with E-state index >= 15 is 0 Å². The van der Waals surface area contributed by atoms with Crippen LogP contribution in [0.25, 0.3) is 0 Å². The topological polar surface area (TPSA) is 83.1 Å². The summed E-state index contributed by atoms with van der Waals surface area (Å²) in [6, 6.07) is 9.08. The number of unbranched alkanes of at least 4 members (excludes halogenated alkanes) is 2. The zero-order chi connectivity index (χ0) is 18.1. The van der Waals surface area contributed by atoms with Crippen molar-refractivity contribution >= 4 is 28.9 Å². The predicted octanol–water partition coefficient (Wildman–Crippen LogP) is 3.70. The molecule has 2 aromatic rings. The first-order valence-electron chi connectivity index (χ1n) is 8.46. The summed E-state index contributed by atoms with van der Waals surface area (Å²) in [7, 11) is 0. The first-order valence-corrected chi connectivity index (χ1v) is 8.46. The third kappa shape index (κ3) is 6.25. The summed E-state index contributed by atoms with van der Waals surface area (Å²) in [5, 5.41) is 8.82. The highest BCUT2D eigenvalue weighted by atomic mass is 16.2. The largest absolute Gasteiger partial charge is 0.354 e. The Morgan fingerprint density at radius 1 is 1.00 bits per heavy atom. The van der Waals surface area contributed by atoms with Crippen LogP contribution in [0.15, 0.2) is 42.7 Å². The number of rotatable bonds is 8. The molecule has 0 aliphatic carbocycles. The van der Waals surface area contributed by atoms with Crippen LogP contribution in [-0.2, 0) is 4.79 Å². The maximum absolute atomic E-state index is 12.1. The lowest BCUT2D eigenvalue weighted by Crippen LogP contribution is -2.24. The van der Waals surface area contributed by atoms with Gasteiger partial charge in [0.2, 0.25) is 5.91 Å². The average molecular weight is 340 g/mol. The number of hydrogen-bond donors (Lipinski definition) is 3. The quantitative estimate of drug-likeness (QED) is 0.640. The Hall–Kier alpha value is -2.89. The van der Waals surface area contributed by atoms with Crippen LogP contribution in [-0.4, -0.2) is 23.3 Å². The third-order valence-corrected chi connectivity index (χ3v) is 3.56. The Morgan fingerprint density at radius 2 is 1.72 bits per heavy atom. The molecule has 0 saturated heterocycles. The second-order valence-electron chi connectivity index (χ2n) is 5.81. The lowest BCUT2D eigenvalue weighted by molar-refractivity contribution is -0.114. The molecule has 0 spiro atoms. The minimum absolute atomic E-state index is 0.109. The Kier molecular flexibility index (Phi) is 6.95. The van der Waals surface area contributed by atoms with Crippen LogP contribution in [0.1, 0.15) is 43.5 Å². The molecule has 2 rings (SSSR count). The first kappa shape index (κ1) is 18.4. The van der Waals surface area contributed by atoms with Crippen molar-refractivity contribution in [3.05, 3.63) is 48.3 Å². The Morgan fingerprint density at radius 3 is 2.40 bits per heavy atom. The van der Waals surface area contributed by atoms with Gasteiger partial charge in [0.15, 0.2) is 0 Å². The molecule has 0 atom stereocenters. The molecule has 0 aliphatic heterocycles. The molecule has 0 saturated carbocycles. The maximum Gasteiger partial charge on any atom is 0.252 e. The van der Waals surface area contributed by atoms with Gasteiger partial charge in [0.25, 0.3) is 5.91 Å². The Balaban J connectivity index is 1.96. The highest BCUT2D eigenvalue weighted by molar-refractivity contribution is 5.94. The summed E-state index contributed by atoms with van der Waals surface area (Å²) < 4.78 is 0. The fourth-order valence-electron chi connectivity index (χ4n) is 2.32. The number of hydrogen-bond acceptors (Lipinski definition) is 4. The van der Waals surface area contributed by atoms with E-state index in [1.54, 1.807) is 30.6 Å². The van der Waals surface area contributed by atoms with Crippen LogP contribution in [0.2, 0.25) is 0 Å². The van der Waals surface area contributed by atoms with Gasteiger partial charge in [0.05, 0.1) is 17.4 Å². The first-order chi connectivity index (χ1) is 12.1. The molecule has 0 unspecified atom stereocenters. The molecular weight excluding hydrogens is 316 g/mol. The van der Waals surface area contributed by atoms with Crippen LogP contribution >= 0.6 is 0 Å². The van der Waals surface area contributed by atoms with E-state index in [0.29, 0.717) is 12.1 Å². The van der Waals surface area contributed by atoms with Gasteiger partial charge in [-0.1, -0.05) is 19.8 Å². The highest BCUT2D eigenvalue weighted by Gasteiger charge is 2.06. The van der Waals surface area contributed by atoms with Crippen molar-refractivity contribution in [1.29, 1.82) is 0 Å². The summed E-state index contributed by atoms with van der Waals surface area (Å²) in [4.78, 5) is 27.3. The van der Waals surface area contributed by atoms with Crippen molar-refractivity contribution in [3.8, 4) is 0 Å². The predicted molar refractivity (Wildman–Crippen MR) is 100 cm³/mol. The molecule has 132 valence electrons. The number of carbonyl (C=O) groups excluding carboxylic acids is 2. The van der Waals surface area contributed by atoms with Gasteiger partial charge in [-0.2, -0.15) is 0 Å². The van der Waals surface area contributed by atoms with E-state index in [9.17, 15) is 9.59 Å². The Labute approximate surface area is 148 Å². The van der Waals surface area contributed by atoms with Crippen molar-refractivity contribution in [2.45, 2.75) is 33.1 Å². The van der Waals surface area contributed by atoms with Gasteiger partial charge in [-0.15, -0.1) is 0 Å². The number of pyridine rings is 1. The molecule has 0 fully saturated rings. The van der Waals surface area contributed by atoms with E-state index in [0.717, 1.165) is 36.3 Å². The van der Waals surface area contributed by atoms with Gasteiger partial charge in [-0.25, -0.2) is 0 Å². The average Bonchev–Trinajstić information content (AvgIpc) is 2.60. The van der Waals surface area contributed by atoms with Gasteiger partial charge < -0.3 is 16.0 Å². The highest BCUT2D eigenvalue weighted by Crippen LogP contribution is 2.19. The Bertz CT molecular complexity index is 714. The van der Waals surface area contributed by atoms with Crippen LogP contribution in [0.5, 0.6) is 0 Å². The van der Waals surface area contributed by atoms with E-state index < -0.39 is 0 Å². The SMILES string of the molecule is CCCCCNC(=O)c1cncc(Nc2ccc(NC(C)=O)cc2)c1. The van der Waals surface area contributed by atoms with Gasteiger partial charge in [-0.3, -0.25) is 14.6 Å². The minimum Gasteiger partial charge on any atom is -0.354 e. The monoisotopic (exact) mass is 340 g/mol. The van der Waals surface area contributed by atoms with Crippen LogP contribution in [0.3, 0.4) is 0 Å². The molecule has 6 nitrogen and oxygen atoms in total. The summed E-state index contributed by atoms with van der Waals surface area (Å²) in [6.07, 6.45) is 6.43. The zero-order valence-corrected chi connectivity index (χ0v) is 14.6. The van der Waals surface area contributed by atoms with E-state index in [4.69, 9.17) is 0 Å². The molecular formula is C19H24N4O2. The van der Waals surface area contributed by atoms with Gasteiger partial charge in [0, 0.05) is 31.0 Å². The number of benzene rings is 1. The van der Waals surface area contributed by atoms with E-state index in [1.807, 2.05) is 12.1 Å². The number of aromatic nitrogens is 1. The van der Waals surface area contributed by atoms with Crippen LogP contribution < -0.4 is 16.0 Å². The zero-order valence-electron chi connectivity index (χ0n) is 14.6. The molecule has 2 amide bonds. The lowest BCUT2D eigenvalue weighted by atomic mass is 10.2. The van der Waals surface area contributed by atoms with Crippen LogP contribution in [0, 0.1) is 0 Å². The maximum atomic E-state index is 12.1. The smallest absolute Gasteiger partial charge is 0.252 e. The number of anilines is 3. The van der Waals surface area contributed by atoms with E-state index in [2.05, 4.69) is 27.9 Å². The van der Waals surface area contributed by atoms with Crippen LogP contribution in [0.4, 0.5) is 17.1 Å². The van der Waals surface area contributed by atoms with Gasteiger partial charge in [0.1, 0.15) is 0 Å². The molecule has 1 aromatic heterocycles. The molecule has 0 bridgehead atoms. The third-order valence-electron chi connectivity index (χ3n) is 3.56. The van der Waals surface area contributed by atoms with Crippen molar-refractivity contribution in [2.24, 2.45) is 0 Å². The van der Waals surface area contributed by atoms with Crippen molar-refractivity contribution in [1.82, 2.24) is 10.3 Å². The van der Waals surface area contributed by atoms with Crippen molar-refractivity contribution in [3.63, 3.8) is 0 Å². The van der Waals surface area contributed by atoms with Gasteiger partial charge >= 0.3 is 0 Å². The molecule has 0 radical (unpaired) electrons. The number of amides is 2. The normalized spacial score (nSPS) is 10.2. The number of carbonyl (C=O) groups is 2. The van der Waals surface area contributed by atoms with E-state index in [1.165, 1.54) is 6.92 Å². The van der Waals surface area contributed by atoms with Gasteiger partial charge in [-0.05, 0) is 36.8 Å². The second-order valence-corrected chi connectivity index (χ2v) is 5.81. The number of nitrogens with one attached hydrogen (secondary N) is 3. The minimum atomic E-state index is -0.117. The summed E-state index contributed by atoms with van der Waals surface area (Å²) >= 11 is 0. The standard InChI is InChI=1S/C19H24N4O2/c1-3-4-5-10-21-19(25)15-11-18(13-20-12-15)23-17-8-6-16(7-9-17)22-14(2)24/h6-9,11-13,23H,3-5,10H2,1-2H3,(H,21,25)(H,22,24). The van der Waals surface area contributed by atoms with E-state index in [-0.39, 0.29) is 11.8 Å². The molecule has 0 aliphatic rings. The molecule has 1 aromatic carbocycles. The molecule has 25 heavy (non-hydrogen) atoms. The fraction of sp³-hybridized carbons (Fsp3) is 0.316. The number of nitrogens with zero attached hydrogens (tertiary/aromatic N) is 1. The molecule has 6 heteroatoms. The summed E-state index contributed by atoms with van der Waals surface area (Å²) in [5.41, 5.74) is 2.83. The second kappa shape index (κ2) is 9.42. The summed E-state index contributed by atoms with van der Waals surface area (Å²) in [6.45, 7) is 4.27. The molecule has 1 heterocycles. The summed E-state index contributed by atoms with van der Waals surface area (Å²) in [5.74, 6) is -0.226. The van der Waals surface area contributed by atoms with Crippen molar-refractivity contribution < 1.29 is 9.59 Å². The fourth-order valence-corrected chi connectivity index (χ4v) is 2.32. The lowest BCUT2D eigenvalue weighted by Gasteiger charge is -2.09.